The van der Waals surface area contributed by atoms with Gasteiger partial charge < -0.3 is 15.6 Å². The quantitative estimate of drug-likeness (QED) is 0.781. The van der Waals surface area contributed by atoms with Crippen LogP contribution in [0.3, 0.4) is 0 Å². The van der Waals surface area contributed by atoms with Gasteiger partial charge in [-0.1, -0.05) is 26.2 Å². The van der Waals surface area contributed by atoms with Crippen LogP contribution in [0.15, 0.2) is 6.33 Å². The van der Waals surface area contributed by atoms with Gasteiger partial charge in [-0.2, -0.15) is 9.97 Å². The third-order valence-corrected chi connectivity index (χ3v) is 3.76. The number of hydrogen-bond acceptors (Lipinski definition) is 5. The molecule has 0 atom stereocenters. The second-order valence-electron chi connectivity index (χ2n) is 5.40. The molecule has 1 saturated carbocycles. The van der Waals surface area contributed by atoms with Crippen LogP contribution in [0.1, 0.15) is 45.4 Å². The smallest absolute Gasteiger partial charge is 0.226 e. The predicted octanol–water partition coefficient (Wildman–Crippen LogP) is 2.92. The van der Waals surface area contributed by atoms with Gasteiger partial charge in [0.15, 0.2) is 11.5 Å². The van der Waals surface area contributed by atoms with Crippen molar-refractivity contribution >= 4 is 22.9 Å². The van der Waals surface area contributed by atoms with E-state index in [1.54, 1.807) is 6.33 Å². The number of fused-ring (bicyclic) bond motifs is 1. The van der Waals surface area contributed by atoms with Crippen LogP contribution in [-0.2, 0) is 0 Å². The number of rotatable bonds is 5. The standard InChI is InChI=1S/C14H22N6/c1-2-8-15-14-19-12-11(16-9-17-12)13(20-14)18-10-6-4-3-5-7-10/h9-10H,2-8H2,1H3,(H3,15,16,17,18,19,20). The number of nitrogens with zero attached hydrogens (tertiary/aromatic N) is 3. The normalized spacial score (nSPS) is 16.4. The van der Waals surface area contributed by atoms with Gasteiger partial charge in [0.25, 0.3) is 0 Å². The molecule has 0 aromatic carbocycles. The maximum Gasteiger partial charge on any atom is 0.226 e. The van der Waals surface area contributed by atoms with E-state index in [2.05, 4.69) is 37.5 Å². The maximum atomic E-state index is 4.60. The molecule has 0 amide bonds. The molecule has 108 valence electrons. The Bertz CT molecular complexity index is 558. The molecule has 6 nitrogen and oxygen atoms in total. The number of H-pyrrole nitrogens is 1. The average Bonchev–Trinajstić information content (AvgIpc) is 2.95. The molecule has 0 saturated heterocycles. The fourth-order valence-corrected chi connectivity index (χ4v) is 2.69. The highest BCUT2D eigenvalue weighted by molar-refractivity contribution is 5.83. The number of aromatic nitrogens is 4. The van der Waals surface area contributed by atoms with Crippen LogP contribution in [0.5, 0.6) is 0 Å². The van der Waals surface area contributed by atoms with Crippen molar-refractivity contribution in [1.82, 2.24) is 19.9 Å². The number of hydrogen-bond donors (Lipinski definition) is 3. The summed E-state index contributed by atoms with van der Waals surface area (Å²) in [4.78, 5) is 16.4. The van der Waals surface area contributed by atoms with Crippen molar-refractivity contribution in [2.24, 2.45) is 0 Å². The second kappa shape index (κ2) is 6.07. The van der Waals surface area contributed by atoms with Gasteiger partial charge in [-0.25, -0.2) is 4.98 Å². The van der Waals surface area contributed by atoms with Crippen LogP contribution in [0.4, 0.5) is 11.8 Å². The first-order valence-electron chi connectivity index (χ1n) is 7.58. The lowest BCUT2D eigenvalue weighted by Crippen LogP contribution is -2.23. The Labute approximate surface area is 118 Å². The fraction of sp³-hybridized carbons (Fsp3) is 0.643. The lowest BCUT2D eigenvalue weighted by molar-refractivity contribution is 0.462. The first-order chi connectivity index (χ1) is 9.86. The topological polar surface area (TPSA) is 78.5 Å². The SMILES string of the molecule is CCCNc1nc(NC2CCCCC2)c2[nH]cnc2n1. The van der Waals surface area contributed by atoms with E-state index < -0.39 is 0 Å². The van der Waals surface area contributed by atoms with Gasteiger partial charge in [0.1, 0.15) is 5.52 Å². The van der Waals surface area contributed by atoms with Crippen molar-refractivity contribution in [1.29, 1.82) is 0 Å². The molecule has 1 aliphatic carbocycles. The summed E-state index contributed by atoms with van der Waals surface area (Å²) in [6.07, 6.45) is 9.12. The molecule has 6 heteroatoms. The number of nitrogens with one attached hydrogen (secondary N) is 3. The van der Waals surface area contributed by atoms with Crippen molar-refractivity contribution in [3.8, 4) is 0 Å². The van der Waals surface area contributed by atoms with Gasteiger partial charge in [0, 0.05) is 12.6 Å². The lowest BCUT2D eigenvalue weighted by Gasteiger charge is -2.23. The molecular formula is C14H22N6. The molecule has 1 aliphatic rings. The van der Waals surface area contributed by atoms with Gasteiger partial charge in [-0.3, -0.25) is 0 Å². The van der Waals surface area contributed by atoms with Crippen LogP contribution in [-0.4, -0.2) is 32.5 Å². The number of aromatic amines is 1. The summed E-state index contributed by atoms with van der Waals surface area (Å²) in [7, 11) is 0. The van der Waals surface area contributed by atoms with E-state index in [9.17, 15) is 0 Å². The van der Waals surface area contributed by atoms with Crippen LogP contribution < -0.4 is 10.6 Å². The first-order valence-corrected chi connectivity index (χ1v) is 7.58. The second-order valence-corrected chi connectivity index (χ2v) is 5.40. The first kappa shape index (κ1) is 13.1. The molecule has 2 aromatic rings. The molecule has 0 bridgehead atoms. The average molecular weight is 274 g/mol. The summed E-state index contributed by atoms with van der Waals surface area (Å²) in [6.45, 7) is 3.00. The minimum atomic E-state index is 0.518. The van der Waals surface area contributed by atoms with E-state index in [1.807, 2.05) is 0 Å². The van der Waals surface area contributed by atoms with Crippen LogP contribution in [0.2, 0.25) is 0 Å². The predicted molar refractivity (Wildman–Crippen MR) is 81.0 cm³/mol. The molecule has 1 fully saturated rings. The largest absolute Gasteiger partial charge is 0.365 e. The van der Waals surface area contributed by atoms with Gasteiger partial charge in [-0.05, 0) is 19.3 Å². The monoisotopic (exact) mass is 274 g/mol. The Hall–Kier alpha value is -1.85. The minimum Gasteiger partial charge on any atom is -0.365 e. The molecule has 3 N–H and O–H groups in total. The molecule has 2 aromatic heterocycles. The Morgan fingerprint density at radius 1 is 1.25 bits per heavy atom. The molecule has 0 radical (unpaired) electrons. The molecule has 0 unspecified atom stereocenters. The van der Waals surface area contributed by atoms with Gasteiger partial charge in [0.2, 0.25) is 5.95 Å². The molecule has 0 aliphatic heterocycles. The van der Waals surface area contributed by atoms with Gasteiger partial charge in [0.05, 0.1) is 6.33 Å². The number of anilines is 2. The molecule has 3 rings (SSSR count). The Balaban J connectivity index is 1.84. The fourth-order valence-electron chi connectivity index (χ4n) is 2.69. The van der Waals surface area contributed by atoms with Gasteiger partial charge >= 0.3 is 0 Å². The van der Waals surface area contributed by atoms with Crippen molar-refractivity contribution in [2.75, 3.05) is 17.2 Å². The summed E-state index contributed by atoms with van der Waals surface area (Å²) in [5, 5.41) is 6.80. The van der Waals surface area contributed by atoms with Crippen LogP contribution in [0, 0.1) is 0 Å². The van der Waals surface area contributed by atoms with Crippen LogP contribution in [0.25, 0.3) is 11.2 Å². The highest BCUT2D eigenvalue weighted by Gasteiger charge is 2.16. The van der Waals surface area contributed by atoms with E-state index in [4.69, 9.17) is 0 Å². The highest BCUT2D eigenvalue weighted by Crippen LogP contribution is 2.24. The van der Waals surface area contributed by atoms with E-state index in [1.165, 1.54) is 32.1 Å². The lowest BCUT2D eigenvalue weighted by atomic mass is 9.95. The third-order valence-electron chi connectivity index (χ3n) is 3.76. The van der Waals surface area contributed by atoms with Crippen molar-refractivity contribution in [3.05, 3.63) is 6.33 Å². The summed E-state index contributed by atoms with van der Waals surface area (Å²) in [5.74, 6) is 1.53. The van der Waals surface area contributed by atoms with E-state index in [-0.39, 0.29) is 0 Å². The summed E-state index contributed by atoms with van der Waals surface area (Å²) >= 11 is 0. The zero-order chi connectivity index (χ0) is 13.8. The summed E-state index contributed by atoms with van der Waals surface area (Å²) in [5.41, 5.74) is 1.62. The van der Waals surface area contributed by atoms with E-state index >= 15 is 0 Å². The van der Waals surface area contributed by atoms with E-state index in [0.717, 1.165) is 29.9 Å². The molecular weight excluding hydrogens is 252 g/mol. The third kappa shape index (κ3) is 2.84. The zero-order valence-electron chi connectivity index (χ0n) is 11.9. The van der Waals surface area contributed by atoms with E-state index in [0.29, 0.717) is 12.0 Å². The Morgan fingerprint density at radius 2 is 2.10 bits per heavy atom. The maximum absolute atomic E-state index is 4.60. The minimum absolute atomic E-state index is 0.518. The van der Waals surface area contributed by atoms with Crippen molar-refractivity contribution < 1.29 is 0 Å². The summed E-state index contributed by atoms with van der Waals surface area (Å²) < 4.78 is 0. The Kier molecular flexibility index (Phi) is 3.99. The van der Waals surface area contributed by atoms with Crippen molar-refractivity contribution in [3.63, 3.8) is 0 Å². The van der Waals surface area contributed by atoms with Crippen molar-refractivity contribution in [2.45, 2.75) is 51.5 Å². The molecule has 2 heterocycles. The molecule has 0 spiro atoms. The Morgan fingerprint density at radius 3 is 2.90 bits per heavy atom. The van der Waals surface area contributed by atoms with Crippen LogP contribution >= 0.6 is 0 Å². The zero-order valence-corrected chi connectivity index (χ0v) is 11.9. The number of imidazole rings is 1. The highest BCUT2D eigenvalue weighted by atomic mass is 15.2. The van der Waals surface area contributed by atoms with Gasteiger partial charge in [-0.15, -0.1) is 0 Å². The molecule has 20 heavy (non-hydrogen) atoms. The summed E-state index contributed by atoms with van der Waals surface area (Å²) in [6, 6.07) is 0.518.